The van der Waals surface area contributed by atoms with Gasteiger partial charge in [-0.2, -0.15) is 0 Å². The molecule has 0 aliphatic carbocycles. The maximum atomic E-state index is 12.6. The number of carbonyl (C=O) groups excluding carboxylic acids is 2. The average molecular weight is 389 g/mol. The zero-order valence-electron chi connectivity index (χ0n) is 16.8. The number of methoxy groups -OCH3 is 1. The van der Waals surface area contributed by atoms with E-state index in [-0.39, 0.29) is 17.8 Å². The minimum atomic E-state index is -0.141. The van der Waals surface area contributed by atoms with Crippen molar-refractivity contribution in [3.05, 3.63) is 30.1 Å². The molecule has 28 heavy (non-hydrogen) atoms. The van der Waals surface area contributed by atoms with E-state index in [4.69, 9.17) is 4.74 Å². The lowest BCUT2D eigenvalue weighted by atomic mass is 9.93. The normalized spacial score (nSPS) is 22.0. The summed E-state index contributed by atoms with van der Waals surface area (Å²) >= 11 is 0. The summed E-state index contributed by atoms with van der Waals surface area (Å²) in [6.07, 6.45) is 6.45. The van der Waals surface area contributed by atoms with Crippen LogP contribution in [0.5, 0.6) is 0 Å². The fourth-order valence-corrected chi connectivity index (χ4v) is 4.24. The topological polar surface area (TPSA) is 74.8 Å². The lowest BCUT2D eigenvalue weighted by Crippen LogP contribution is -2.50. The van der Waals surface area contributed by atoms with Crippen LogP contribution in [0.2, 0.25) is 0 Å². The van der Waals surface area contributed by atoms with Gasteiger partial charge in [-0.15, -0.1) is 0 Å². The van der Waals surface area contributed by atoms with E-state index < -0.39 is 0 Å². The zero-order chi connectivity index (χ0) is 19.8. The van der Waals surface area contributed by atoms with E-state index in [9.17, 15) is 9.59 Å². The molecule has 1 aromatic heterocycles. The Balaban J connectivity index is 1.41. The lowest BCUT2D eigenvalue weighted by Gasteiger charge is -2.42. The number of amides is 1. The first-order chi connectivity index (χ1) is 13.7. The quantitative estimate of drug-likeness (QED) is 0.713. The summed E-state index contributed by atoms with van der Waals surface area (Å²) < 4.78 is 4.72. The summed E-state index contributed by atoms with van der Waals surface area (Å²) in [5.74, 6) is 0.0680. The standard InChI is InChI=1S/C21H32N4O3/c1-28-20(26)9-14-24-12-7-19(8-13-24)25-11-4-5-17(16-25)21(27)23-15-18-6-2-3-10-22-18/h2-3,6,10,17,19H,4-5,7-9,11-16H2,1H3,(H,23,27)/t17-/m0/s1. The Morgan fingerprint density at radius 1 is 1.21 bits per heavy atom. The molecular weight excluding hydrogens is 356 g/mol. The van der Waals surface area contributed by atoms with Crippen LogP contribution in [0.4, 0.5) is 0 Å². The van der Waals surface area contributed by atoms with Crippen LogP contribution in [0.15, 0.2) is 24.4 Å². The second-order valence-corrected chi connectivity index (χ2v) is 7.77. The van der Waals surface area contributed by atoms with Crippen molar-refractivity contribution in [1.29, 1.82) is 0 Å². The molecule has 3 rings (SSSR count). The molecule has 1 amide bonds. The molecule has 2 aliphatic heterocycles. The highest BCUT2D eigenvalue weighted by Crippen LogP contribution is 2.24. The Morgan fingerprint density at radius 3 is 2.75 bits per heavy atom. The van der Waals surface area contributed by atoms with Gasteiger partial charge in [0.25, 0.3) is 0 Å². The smallest absolute Gasteiger partial charge is 0.306 e. The van der Waals surface area contributed by atoms with Gasteiger partial charge in [0.05, 0.1) is 31.7 Å². The van der Waals surface area contributed by atoms with Crippen LogP contribution in [-0.4, -0.2) is 72.5 Å². The zero-order valence-corrected chi connectivity index (χ0v) is 16.8. The number of carbonyl (C=O) groups is 2. The van der Waals surface area contributed by atoms with Gasteiger partial charge in [0.1, 0.15) is 0 Å². The summed E-state index contributed by atoms with van der Waals surface area (Å²) in [4.78, 5) is 33.0. The maximum absolute atomic E-state index is 12.6. The van der Waals surface area contributed by atoms with Crippen molar-refractivity contribution in [2.24, 2.45) is 5.92 Å². The number of ether oxygens (including phenoxy) is 1. The first kappa shape index (κ1) is 20.7. The van der Waals surface area contributed by atoms with Gasteiger partial charge in [-0.25, -0.2) is 0 Å². The third-order valence-corrected chi connectivity index (χ3v) is 5.93. The molecule has 3 heterocycles. The molecular formula is C21H32N4O3. The van der Waals surface area contributed by atoms with Crippen LogP contribution in [0.3, 0.4) is 0 Å². The predicted octanol–water partition coefficient (Wildman–Crippen LogP) is 1.44. The van der Waals surface area contributed by atoms with Crippen molar-refractivity contribution in [1.82, 2.24) is 20.1 Å². The van der Waals surface area contributed by atoms with Gasteiger partial charge in [-0.3, -0.25) is 19.5 Å². The number of rotatable bonds is 7. The molecule has 1 aromatic rings. The Bertz CT molecular complexity index is 632. The molecule has 154 valence electrons. The van der Waals surface area contributed by atoms with E-state index in [1.54, 1.807) is 6.20 Å². The van der Waals surface area contributed by atoms with E-state index in [1.165, 1.54) is 7.11 Å². The average Bonchev–Trinajstić information content (AvgIpc) is 2.77. The third kappa shape index (κ3) is 6.01. The van der Waals surface area contributed by atoms with E-state index in [1.807, 2.05) is 18.2 Å². The number of esters is 1. The Labute approximate surface area is 167 Å². The number of nitrogens with zero attached hydrogens (tertiary/aromatic N) is 3. The molecule has 1 atom stereocenters. The number of nitrogens with one attached hydrogen (secondary N) is 1. The van der Waals surface area contributed by atoms with Crippen molar-refractivity contribution < 1.29 is 14.3 Å². The second-order valence-electron chi connectivity index (χ2n) is 7.77. The van der Waals surface area contributed by atoms with Crippen molar-refractivity contribution in [3.63, 3.8) is 0 Å². The summed E-state index contributed by atoms with van der Waals surface area (Å²) in [5, 5.41) is 3.05. The van der Waals surface area contributed by atoms with Crippen molar-refractivity contribution in [2.75, 3.05) is 39.8 Å². The van der Waals surface area contributed by atoms with Crippen molar-refractivity contribution in [2.45, 2.75) is 44.7 Å². The number of pyridine rings is 1. The first-order valence-electron chi connectivity index (χ1n) is 10.4. The summed E-state index contributed by atoms with van der Waals surface area (Å²) in [7, 11) is 1.44. The fourth-order valence-electron chi connectivity index (χ4n) is 4.24. The van der Waals surface area contributed by atoms with Crippen LogP contribution >= 0.6 is 0 Å². The Kier molecular flexibility index (Phi) is 7.80. The van der Waals surface area contributed by atoms with E-state index in [2.05, 4.69) is 20.1 Å². The molecule has 2 fully saturated rings. The van der Waals surface area contributed by atoms with Crippen LogP contribution < -0.4 is 5.32 Å². The molecule has 0 aromatic carbocycles. The van der Waals surface area contributed by atoms with Crippen LogP contribution in [-0.2, 0) is 20.9 Å². The number of hydrogen-bond acceptors (Lipinski definition) is 6. The van der Waals surface area contributed by atoms with Gasteiger partial charge >= 0.3 is 5.97 Å². The number of likely N-dealkylation sites (tertiary alicyclic amines) is 2. The summed E-state index contributed by atoms with van der Waals surface area (Å²) in [5.41, 5.74) is 0.892. The molecule has 0 saturated carbocycles. The molecule has 0 spiro atoms. The Hall–Kier alpha value is -1.99. The number of hydrogen-bond donors (Lipinski definition) is 1. The van der Waals surface area contributed by atoms with E-state index in [0.29, 0.717) is 19.0 Å². The molecule has 2 aliphatic rings. The van der Waals surface area contributed by atoms with Crippen LogP contribution in [0, 0.1) is 5.92 Å². The monoisotopic (exact) mass is 388 g/mol. The third-order valence-electron chi connectivity index (χ3n) is 5.93. The molecule has 7 nitrogen and oxygen atoms in total. The van der Waals surface area contributed by atoms with Gasteiger partial charge in [0.2, 0.25) is 5.91 Å². The summed E-state index contributed by atoms with van der Waals surface area (Å²) in [6, 6.07) is 6.29. The van der Waals surface area contributed by atoms with E-state index >= 15 is 0 Å². The Morgan fingerprint density at radius 2 is 2.04 bits per heavy atom. The lowest BCUT2D eigenvalue weighted by molar-refractivity contribution is -0.141. The number of aromatic nitrogens is 1. The molecule has 1 N–H and O–H groups in total. The van der Waals surface area contributed by atoms with E-state index in [0.717, 1.165) is 64.1 Å². The molecule has 2 saturated heterocycles. The van der Waals surface area contributed by atoms with Crippen LogP contribution in [0.25, 0.3) is 0 Å². The predicted molar refractivity (Wildman–Crippen MR) is 106 cm³/mol. The largest absolute Gasteiger partial charge is 0.469 e. The molecule has 0 unspecified atom stereocenters. The van der Waals surface area contributed by atoms with Gasteiger partial charge in [-0.05, 0) is 57.5 Å². The van der Waals surface area contributed by atoms with Gasteiger partial charge in [-0.1, -0.05) is 6.07 Å². The highest BCUT2D eigenvalue weighted by atomic mass is 16.5. The molecule has 0 bridgehead atoms. The highest BCUT2D eigenvalue weighted by molar-refractivity contribution is 5.78. The number of piperidine rings is 2. The van der Waals surface area contributed by atoms with Gasteiger partial charge in [0, 0.05) is 25.3 Å². The highest BCUT2D eigenvalue weighted by Gasteiger charge is 2.31. The van der Waals surface area contributed by atoms with Gasteiger partial charge in [0.15, 0.2) is 0 Å². The minimum absolute atomic E-state index is 0.0646. The first-order valence-corrected chi connectivity index (χ1v) is 10.4. The fraction of sp³-hybridized carbons (Fsp3) is 0.667. The minimum Gasteiger partial charge on any atom is -0.469 e. The second kappa shape index (κ2) is 10.5. The van der Waals surface area contributed by atoms with Gasteiger partial charge < -0.3 is 15.0 Å². The van der Waals surface area contributed by atoms with Crippen LogP contribution in [0.1, 0.15) is 37.8 Å². The maximum Gasteiger partial charge on any atom is 0.306 e. The molecule has 0 radical (unpaired) electrons. The summed E-state index contributed by atoms with van der Waals surface area (Å²) in [6.45, 7) is 5.22. The molecule has 7 heteroatoms. The van der Waals surface area contributed by atoms with Crippen molar-refractivity contribution >= 4 is 11.9 Å². The SMILES string of the molecule is COC(=O)CCN1CCC(N2CCC[C@H](C(=O)NCc3ccccn3)C2)CC1. The van der Waals surface area contributed by atoms with Crippen molar-refractivity contribution in [3.8, 4) is 0 Å².